The Kier molecular flexibility index (Phi) is 4.48. The molecule has 1 aliphatic heterocycles. The van der Waals surface area contributed by atoms with Gasteiger partial charge in [0.2, 0.25) is 5.91 Å². The fraction of sp³-hybridized carbons (Fsp3) is 0.500. The van der Waals surface area contributed by atoms with Gasteiger partial charge in [-0.15, -0.1) is 0 Å². The predicted molar refractivity (Wildman–Crippen MR) is 70.8 cm³/mol. The summed E-state index contributed by atoms with van der Waals surface area (Å²) < 4.78 is 0. The van der Waals surface area contributed by atoms with E-state index in [9.17, 15) is 4.79 Å². The second-order valence-corrected chi connectivity index (χ2v) is 5.01. The summed E-state index contributed by atoms with van der Waals surface area (Å²) in [5.41, 5.74) is 1.11. The number of nitrogens with zero attached hydrogens (tertiary/aromatic N) is 3. The van der Waals surface area contributed by atoms with Gasteiger partial charge in [-0.25, -0.2) is 0 Å². The van der Waals surface area contributed by atoms with Crippen LogP contribution in [0.2, 0.25) is 0 Å². The van der Waals surface area contributed by atoms with Crippen molar-refractivity contribution in [2.24, 2.45) is 5.92 Å². The molecule has 2 atom stereocenters. The maximum Gasteiger partial charge on any atom is 0.238 e. The first-order valence-electron chi connectivity index (χ1n) is 6.48. The molecular formula is C14H18N4O. The van der Waals surface area contributed by atoms with Gasteiger partial charge >= 0.3 is 0 Å². The topological polar surface area (TPSA) is 69.0 Å². The number of rotatable bonds is 3. The number of amides is 1. The molecule has 0 aromatic carbocycles. The summed E-state index contributed by atoms with van der Waals surface area (Å²) in [5, 5.41) is 11.8. The van der Waals surface area contributed by atoms with Crippen LogP contribution in [0.1, 0.15) is 18.9 Å². The van der Waals surface area contributed by atoms with E-state index in [4.69, 9.17) is 5.26 Å². The van der Waals surface area contributed by atoms with Gasteiger partial charge in [0.05, 0.1) is 12.5 Å². The Balaban J connectivity index is 2.17. The van der Waals surface area contributed by atoms with Gasteiger partial charge in [-0.05, 0) is 23.6 Å². The highest BCUT2D eigenvalue weighted by molar-refractivity contribution is 5.82. The largest absolute Gasteiger partial charge is 0.354 e. The van der Waals surface area contributed by atoms with Crippen molar-refractivity contribution >= 4 is 5.91 Å². The van der Waals surface area contributed by atoms with Crippen molar-refractivity contribution in [3.05, 3.63) is 30.1 Å². The van der Waals surface area contributed by atoms with E-state index >= 15 is 0 Å². The molecule has 1 aromatic rings. The second-order valence-electron chi connectivity index (χ2n) is 5.01. The number of carbonyl (C=O) groups excluding carboxylic acids is 1. The van der Waals surface area contributed by atoms with Crippen molar-refractivity contribution in [2.75, 3.05) is 13.1 Å². The van der Waals surface area contributed by atoms with Crippen LogP contribution < -0.4 is 5.32 Å². The van der Waals surface area contributed by atoms with Crippen LogP contribution in [0.4, 0.5) is 0 Å². The van der Waals surface area contributed by atoms with Crippen molar-refractivity contribution in [3.8, 4) is 6.07 Å². The third-order valence-electron chi connectivity index (χ3n) is 3.33. The summed E-state index contributed by atoms with van der Waals surface area (Å²) in [6.07, 6.45) is 3.72. The van der Waals surface area contributed by atoms with Crippen LogP contribution in [-0.2, 0) is 11.3 Å². The van der Waals surface area contributed by atoms with E-state index in [0.717, 1.165) is 12.1 Å². The predicted octanol–water partition coefficient (Wildman–Crippen LogP) is 0.932. The molecule has 2 unspecified atom stereocenters. The van der Waals surface area contributed by atoms with E-state index in [-0.39, 0.29) is 18.4 Å². The van der Waals surface area contributed by atoms with Gasteiger partial charge in [-0.2, -0.15) is 5.26 Å². The van der Waals surface area contributed by atoms with Crippen LogP contribution in [0.3, 0.4) is 0 Å². The Hall–Kier alpha value is -1.93. The Labute approximate surface area is 113 Å². The first-order valence-corrected chi connectivity index (χ1v) is 6.48. The maximum atomic E-state index is 12.0. The monoisotopic (exact) mass is 258 g/mol. The van der Waals surface area contributed by atoms with Crippen molar-refractivity contribution < 1.29 is 4.79 Å². The second kappa shape index (κ2) is 6.30. The van der Waals surface area contributed by atoms with Gasteiger partial charge < -0.3 is 5.32 Å². The summed E-state index contributed by atoms with van der Waals surface area (Å²) in [6, 6.07) is 5.64. The number of pyridine rings is 1. The minimum absolute atomic E-state index is 0.0417. The number of hydrogen-bond acceptors (Lipinski definition) is 4. The van der Waals surface area contributed by atoms with Crippen LogP contribution in [0.25, 0.3) is 0 Å². The SMILES string of the molecule is CC1CNC(=O)C(CC#N)N(Cc2ccncc2)C1. The minimum Gasteiger partial charge on any atom is -0.354 e. The highest BCUT2D eigenvalue weighted by atomic mass is 16.2. The van der Waals surface area contributed by atoms with Crippen LogP contribution in [0, 0.1) is 17.2 Å². The van der Waals surface area contributed by atoms with Gasteiger partial charge in [-0.1, -0.05) is 6.92 Å². The lowest BCUT2D eigenvalue weighted by Crippen LogP contribution is -2.43. The zero-order valence-electron chi connectivity index (χ0n) is 11.0. The van der Waals surface area contributed by atoms with Crippen molar-refractivity contribution in [1.82, 2.24) is 15.2 Å². The molecule has 0 bridgehead atoms. The van der Waals surface area contributed by atoms with E-state index in [1.165, 1.54) is 0 Å². The molecular weight excluding hydrogens is 240 g/mol. The first-order chi connectivity index (χ1) is 9.20. The molecule has 1 N–H and O–H groups in total. The Bertz CT molecular complexity index is 468. The standard InChI is InChI=1S/C14H18N4O/c1-11-8-17-14(19)13(2-5-15)18(9-11)10-12-3-6-16-7-4-12/h3-4,6-7,11,13H,2,8-10H2,1H3,(H,17,19). The van der Waals surface area contributed by atoms with Crippen molar-refractivity contribution in [2.45, 2.75) is 25.9 Å². The number of aromatic nitrogens is 1. The van der Waals surface area contributed by atoms with E-state index in [1.807, 2.05) is 12.1 Å². The van der Waals surface area contributed by atoms with Crippen LogP contribution in [0.15, 0.2) is 24.5 Å². The van der Waals surface area contributed by atoms with Gasteiger partial charge in [0.15, 0.2) is 0 Å². The summed E-state index contributed by atoms with van der Waals surface area (Å²) in [6.45, 7) is 4.27. The molecule has 2 heterocycles. The van der Waals surface area contributed by atoms with Crippen LogP contribution in [0.5, 0.6) is 0 Å². The normalized spacial score (nSPS) is 24.3. The highest BCUT2D eigenvalue weighted by Crippen LogP contribution is 2.15. The summed E-state index contributed by atoms with van der Waals surface area (Å²) in [5.74, 6) is 0.342. The average molecular weight is 258 g/mol. The van der Waals surface area contributed by atoms with Gasteiger partial charge in [0.1, 0.15) is 6.04 Å². The number of carbonyl (C=O) groups is 1. The fourth-order valence-electron chi connectivity index (χ4n) is 2.36. The molecule has 0 radical (unpaired) electrons. The lowest BCUT2D eigenvalue weighted by Gasteiger charge is -2.27. The molecule has 5 nitrogen and oxygen atoms in total. The Morgan fingerprint density at radius 1 is 1.53 bits per heavy atom. The molecule has 1 aromatic heterocycles. The summed E-state index contributed by atoms with van der Waals surface area (Å²) in [7, 11) is 0. The maximum absolute atomic E-state index is 12.0. The Morgan fingerprint density at radius 2 is 2.26 bits per heavy atom. The zero-order valence-corrected chi connectivity index (χ0v) is 11.0. The molecule has 1 saturated heterocycles. The molecule has 19 heavy (non-hydrogen) atoms. The number of nitriles is 1. The van der Waals surface area contributed by atoms with E-state index in [0.29, 0.717) is 19.0 Å². The lowest BCUT2D eigenvalue weighted by molar-refractivity contribution is -0.125. The van der Waals surface area contributed by atoms with E-state index in [2.05, 4.69) is 28.2 Å². The van der Waals surface area contributed by atoms with Crippen LogP contribution in [-0.4, -0.2) is 34.9 Å². The van der Waals surface area contributed by atoms with E-state index in [1.54, 1.807) is 12.4 Å². The molecule has 0 aliphatic carbocycles. The van der Waals surface area contributed by atoms with Gasteiger partial charge in [-0.3, -0.25) is 14.7 Å². The smallest absolute Gasteiger partial charge is 0.238 e. The quantitative estimate of drug-likeness (QED) is 0.875. The average Bonchev–Trinajstić information content (AvgIpc) is 2.54. The van der Waals surface area contributed by atoms with Crippen molar-refractivity contribution in [3.63, 3.8) is 0 Å². The van der Waals surface area contributed by atoms with E-state index < -0.39 is 0 Å². The molecule has 5 heteroatoms. The lowest BCUT2D eigenvalue weighted by atomic mass is 10.1. The Morgan fingerprint density at radius 3 is 2.95 bits per heavy atom. The van der Waals surface area contributed by atoms with Crippen LogP contribution >= 0.6 is 0 Å². The number of hydrogen-bond donors (Lipinski definition) is 1. The molecule has 100 valence electrons. The minimum atomic E-state index is -0.358. The third-order valence-corrected chi connectivity index (χ3v) is 3.33. The zero-order chi connectivity index (χ0) is 13.7. The molecule has 0 spiro atoms. The third kappa shape index (κ3) is 3.52. The summed E-state index contributed by atoms with van der Waals surface area (Å²) >= 11 is 0. The van der Waals surface area contributed by atoms with Gasteiger partial charge in [0, 0.05) is 32.0 Å². The summed E-state index contributed by atoms with van der Waals surface area (Å²) in [4.78, 5) is 18.1. The first kappa shape index (κ1) is 13.5. The molecule has 1 aliphatic rings. The molecule has 1 amide bonds. The highest BCUT2D eigenvalue weighted by Gasteiger charge is 2.30. The van der Waals surface area contributed by atoms with Crippen molar-refractivity contribution in [1.29, 1.82) is 5.26 Å². The fourth-order valence-corrected chi connectivity index (χ4v) is 2.36. The molecule has 1 fully saturated rings. The molecule has 0 saturated carbocycles. The number of nitrogens with one attached hydrogen (secondary N) is 1. The molecule has 2 rings (SSSR count). The van der Waals surface area contributed by atoms with Gasteiger partial charge in [0.25, 0.3) is 0 Å².